The van der Waals surface area contributed by atoms with Gasteiger partial charge in [-0.3, -0.25) is 10.1 Å². The highest BCUT2D eigenvalue weighted by molar-refractivity contribution is 6.74. The number of non-ortho nitro benzene ring substituents is 1. The maximum atomic E-state index is 11.1. The summed E-state index contributed by atoms with van der Waals surface area (Å²) in [6, 6.07) is 3.90. The molecule has 0 saturated heterocycles. The third kappa shape index (κ3) is 5.27. The summed E-state index contributed by atoms with van der Waals surface area (Å²) in [5.74, 6) is 0.0851. The Morgan fingerprint density at radius 1 is 1.24 bits per heavy atom. The Kier molecular flexibility index (Phi) is 6.02. The van der Waals surface area contributed by atoms with Gasteiger partial charge < -0.3 is 14.3 Å². The Hall–Kier alpha value is -1.93. The molecule has 0 radical (unpaired) electrons. The summed E-state index contributed by atoms with van der Waals surface area (Å²) in [6.45, 7) is 14.6. The number of ether oxygens (including phenoxy) is 1. The van der Waals surface area contributed by atoms with E-state index in [1.165, 1.54) is 18.2 Å². The fourth-order valence-electron chi connectivity index (χ4n) is 2.00. The molecule has 140 valence electrons. The lowest BCUT2D eigenvalue weighted by Crippen LogP contribution is -2.44. The lowest BCUT2D eigenvalue weighted by Gasteiger charge is -2.39. The van der Waals surface area contributed by atoms with E-state index in [4.69, 9.17) is 14.3 Å². The second-order valence-electron chi connectivity index (χ2n) is 8.24. The molecule has 7 nitrogen and oxygen atoms in total. The van der Waals surface area contributed by atoms with Crippen LogP contribution in [0.1, 0.15) is 40.2 Å². The topological polar surface area (TPSA) is 98.9 Å². The highest BCUT2D eigenvalue weighted by Gasteiger charge is 2.39. The smallest absolute Gasteiger partial charge is 0.449 e. The molecule has 0 fully saturated rings. The van der Waals surface area contributed by atoms with Crippen molar-refractivity contribution < 1.29 is 24.0 Å². The van der Waals surface area contributed by atoms with Crippen LogP contribution < -0.4 is 4.74 Å². The molecule has 0 heterocycles. The second kappa shape index (κ2) is 7.13. The number of hydrogen-bond acceptors (Lipinski definition) is 5. The van der Waals surface area contributed by atoms with E-state index in [2.05, 4.69) is 33.9 Å². The van der Waals surface area contributed by atoms with E-state index < -0.39 is 24.8 Å². The van der Waals surface area contributed by atoms with E-state index >= 15 is 0 Å². The monoisotopic (exact) mass is 369 g/mol. The number of carboxylic acid groups (broad SMARTS) is 1. The van der Waals surface area contributed by atoms with Gasteiger partial charge in [-0.2, -0.15) is 0 Å². The fourth-order valence-corrected chi connectivity index (χ4v) is 3.15. The van der Waals surface area contributed by atoms with Crippen LogP contribution in [0.15, 0.2) is 18.2 Å². The molecule has 8 heteroatoms. The van der Waals surface area contributed by atoms with Crippen molar-refractivity contribution >= 4 is 20.2 Å². The van der Waals surface area contributed by atoms with Gasteiger partial charge in [0.25, 0.3) is 5.69 Å². The van der Waals surface area contributed by atoms with Crippen LogP contribution in [0.2, 0.25) is 18.1 Å². The summed E-state index contributed by atoms with van der Waals surface area (Å²) in [7, 11) is -2.02. The molecule has 1 aromatic rings. The van der Waals surface area contributed by atoms with Gasteiger partial charge in [-0.25, -0.2) is 4.79 Å². The lowest BCUT2D eigenvalue weighted by molar-refractivity contribution is -0.385. The first-order chi connectivity index (χ1) is 11.2. The van der Waals surface area contributed by atoms with E-state index in [1.54, 1.807) is 0 Å². The molecule has 0 aliphatic rings. The highest BCUT2D eigenvalue weighted by Crippen LogP contribution is 2.40. The zero-order valence-corrected chi connectivity index (χ0v) is 16.9. The minimum absolute atomic E-state index is 0.0200. The van der Waals surface area contributed by atoms with Gasteiger partial charge in [-0.15, -0.1) is 0 Å². The van der Waals surface area contributed by atoms with E-state index in [1.807, 2.05) is 13.8 Å². The summed E-state index contributed by atoms with van der Waals surface area (Å²) >= 11 is 0. The number of rotatable bonds is 6. The van der Waals surface area contributed by atoms with Crippen molar-refractivity contribution in [1.29, 1.82) is 0 Å². The molecular weight excluding hydrogens is 342 g/mol. The summed E-state index contributed by atoms with van der Waals surface area (Å²) in [6.07, 6.45) is -1.46. The summed E-state index contributed by atoms with van der Waals surface area (Å²) in [4.78, 5) is 21.5. The van der Waals surface area contributed by atoms with Gasteiger partial charge in [0.15, 0.2) is 8.32 Å². The highest BCUT2D eigenvalue weighted by atomic mass is 28.4. The first kappa shape index (κ1) is 21.1. The van der Waals surface area contributed by atoms with Crippen molar-refractivity contribution in [1.82, 2.24) is 0 Å². The summed E-state index contributed by atoms with van der Waals surface area (Å²) in [5, 5.41) is 20.0. The van der Waals surface area contributed by atoms with Gasteiger partial charge in [0, 0.05) is 29.7 Å². The molecule has 1 rings (SSSR count). The molecule has 0 bridgehead atoms. The average Bonchev–Trinajstić information content (AvgIpc) is 2.43. The van der Waals surface area contributed by atoms with Crippen molar-refractivity contribution in [3.05, 3.63) is 33.9 Å². The Morgan fingerprint density at radius 2 is 1.80 bits per heavy atom. The molecule has 1 N–H and O–H groups in total. The van der Waals surface area contributed by atoms with E-state index in [0.29, 0.717) is 12.2 Å². The van der Waals surface area contributed by atoms with Crippen molar-refractivity contribution in [3.8, 4) is 5.75 Å². The standard InChI is InChI=1S/C17H27NO6Si/c1-16(2,3)25(6,7)23-11-17(4,5)13-10-12(18(21)22)8-9-14(13)24-15(19)20/h8-10H,11H2,1-7H3,(H,19,20). The number of nitro benzene ring substituents is 1. The SMILES string of the molecule is CC(C)(CO[Si](C)(C)C(C)(C)C)c1cc([N+](=O)[O-])ccc1OC(=O)O. The lowest BCUT2D eigenvalue weighted by atomic mass is 9.84. The molecule has 0 saturated carbocycles. The first-order valence-electron chi connectivity index (χ1n) is 8.01. The number of benzene rings is 1. The minimum atomic E-state index is -2.02. The maximum absolute atomic E-state index is 11.1. The molecule has 0 unspecified atom stereocenters. The predicted molar refractivity (Wildman–Crippen MR) is 97.9 cm³/mol. The molecule has 0 atom stereocenters. The first-order valence-corrected chi connectivity index (χ1v) is 10.9. The Morgan fingerprint density at radius 3 is 2.24 bits per heavy atom. The quantitative estimate of drug-likeness (QED) is 0.250. The van der Waals surface area contributed by atoms with Gasteiger partial charge in [-0.1, -0.05) is 34.6 Å². The van der Waals surface area contributed by atoms with Crippen LogP contribution in [0.25, 0.3) is 0 Å². The van der Waals surface area contributed by atoms with Gasteiger partial charge in [-0.05, 0) is 24.2 Å². The Labute approximate surface area is 149 Å². The third-order valence-corrected chi connectivity index (χ3v) is 9.18. The largest absolute Gasteiger partial charge is 0.511 e. The molecule has 0 aromatic heterocycles. The van der Waals surface area contributed by atoms with E-state index in [0.717, 1.165) is 0 Å². The van der Waals surface area contributed by atoms with Gasteiger partial charge in [0.05, 0.1) is 4.92 Å². The maximum Gasteiger partial charge on any atom is 0.511 e. The third-order valence-electron chi connectivity index (χ3n) is 4.70. The molecule has 0 aliphatic carbocycles. The molecule has 0 aliphatic heterocycles. The number of carbonyl (C=O) groups is 1. The fraction of sp³-hybridized carbons (Fsp3) is 0.588. The van der Waals surface area contributed by atoms with Crippen LogP contribution in [0.5, 0.6) is 5.75 Å². The predicted octanol–water partition coefficient (Wildman–Crippen LogP) is 4.95. The number of nitro groups is 1. The Balaban J connectivity index is 3.23. The van der Waals surface area contributed by atoms with E-state index in [9.17, 15) is 14.9 Å². The molecule has 25 heavy (non-hydrogen) atoms. The summed E-state index contributed by atoms with van der Waals surface area (Å²) < 4.78 is 11.1. The zero-order chi connectivity index (χ0) is 19.6. The van der Waals surface area contributed by atoms with Crippen LogP contribution in [0, 0.1) is 10.1 Å². The minimum Gasteiger partial charge on any atom is -0.449 e. The van der Waals surface area contributed by atoms with Crippen molar-refractivity contribution in [2.45, 2.75) is 58.2 Å². The summed E-state index contributed by atoms with van der Waals surface area (Å²) in [5.41, 5.74) is -0.345. The van der Waals surface area contributed by atoms with Crippen molar-refractivity contribution in [2.75, 3.05) is 6.61 Å². The van der Waals surface area contributed by atoms with E-state index in [-0.39, 0.29) is 16.5 Å². The molecule has 0 amide bonds. The molecule has 0 spiro atoms. The molecule has 1 aromatic carbocycles. The van der Waals surface area contributed by atoms with Crippen molar-refractivity contribution in [3.63, 3.8) is 0 Å². The number of hydrogen-bond donors (Lipinski definition) is 1. The normalized spacial score (nSPS) is 12.8. The second-order valence-corrected chi connectivity index (χ2v) is 13.0. The van der Waals surface area contributed by atoms with Gasteiger partial charge in [0.1, 0.15) is 5.75 Å². The molecular formula is C17H27NO6Si. The Bertz CT molecular complexity index is 664. The van der Waals surface area contributed by atoms with Crippen LogP contribution in [-0.4, -0.2) is 31.1 Å². The van der Waals surface area contributed by atoms with Crippen molar-refractivity contribution in [2.24, 2.45) is 0 Å². The van der Waals surface area contributed by atoms with Crippen LogP contribution in [-0.2, 0) is 9.84 Å². The van der Waals surface area contributed by atoms with Crippen LogP contribution in [0.4, 0.5) is 10.5 Å². The van der Waals surface area contributed by atoms with Crippen LogP contribution >= 0.6 is 0 Å². The van der Waals surface area contributed by atoms with Gasteiger partial charge in [0.2, 0.25) is 0 Å². The van der Waals surface area contributed by atoms with Crippen LogP contribution in [0.3, 0.4) is 0 Å². The van der Waals surface area contributed by atoms with Gasteiger partial charge >= 0.3 is 6.16 Å². The number of nitrogens with zero attached hydrogens (tertiary/aromatic N) is 1. The average molecular weight is 369 g/mol. The zero-order valence-electron chi connectivity index (χ0n) is 15.9.